The van der Waals surface area contributed by atoms with E-state index in [1.54, 1.807) is 6.92 Å². The molecule has 3 rings (SSSR count). The smallest absolute Gasteiger partial charge is 0.325 e. The fraction of sp³-hybridized carbons (Fsp3) is 0.303. The van der Waals surface area contributed by atoms with Gasteiger partial charge in [-0.15, -0.1) is 0 Å². The Balaban J connectivity index is 0.00000736. The topological polar surface area (TPSA) is 154 Å². The molecule has 0 spiro atoms. The summed E-state index contributed by atoms with van der Waals surface area (Å²) in [4.78, 5) is 63.2. The van der Waals surface area contributed by atoms with Crippen LogP contribution in [0.3, 0.4) is 0 Å². The van der Waals surface area contributed by atoms with Gasteiger partial charge in [-0.2, -0.15) is 0 Å². The maximum atomic E-state index is 13.9. The van der Waals surface area contributed by atoms with Gasteiger partial charge in [0.2, 0.25) is 16.9 Å². The number of hydrogen-bond donors (Lipinski definition) is 3. The van der Waals surface area contributed by atoms with E-state index in [0.717, 1.165) is 27.7 Å². The van der Waals surface area contributed by atoms with Crippen LogP contribution in [0.25, 0.3) is 0 Å². The molecule has 0 saturated carbocycles. The minimum atomic E-state index is -2.47. The summed E-state index contributed by atoms with van der Waals surface area (Å²) in [5.74, 6) is -2.56. The summed E-state index contributed by atoms with van der Waals surface area (Å²) in [7, 11) is -1.27. The first-order valence-corrected chi connectivity index (χ1v) is 17.4. The van der Waals surface area contributed by atoms with Crippen LogP contribution >= 0.6 is 19.0 Å². The van der Waals surface area contributed by atoms with Crippen molar-refractivity contribution in [2.45, 2.75) is 31.8 Å². The summed E-state index contributed by atoms with van der Waals surface area (Å²) in [6.07, 6.45) is 0.0238. The molecule has 3 aromatic carbocycles. The molecule has 4 N–H and O–H groups in total. The van der Waals surface area contributed by atoms with Gasteiger partial charge < -0.3 is 42.8 Å². The number of thioether (sulfide) groups is 1. The summed E-state index contributed by atoms with van der Waals surface area (Å²) in [6.45, 7) is 1.40. The van der Waals surface area contributed by atoms with Crippen molar-refractivity contribution in [1.82, 2.24) is 10.6 Å². The lowest BCUT2D eigenvalue weighted by Crippen LogP contribution is -3.00. The van der Waals surface area contributed by atoms with E-state index >= 15 is 0 Å². The first kappa shape index (κ1) is 38.6. The van der Waals surface area contributed by atoms with Crippen LogP contribution in [-0.4, -0.2) is 73.1 Å². The third-order valence-corrected chi connectivity index (χ3v) is 12.4. The van der Waals surface area contributed by atoms with Crippen molar-refractivity contribution in [3.63, 3.8) is 0 Å². The van der Waals surface area contributed by atoms with Crippen molar-refractivity contribution in [3.8, 4) is 0 Å². The Morgan fingerprint density at radius 2 is 1.35 bits per heavy atom. The first-order chi connectivity index (χ1) is 21.7. The Morgan fingerprint density at radius 3 is 1.80 bits per heavy atom. The van der Waals surface area contributed by atoms with Crippen molar-refractivity contribution in [3.05, 3.63) is 91.0 Å². The number of carbonyl (C=O) groups is 5. The number of ether oxygens (including phenoxy) is 2. The van der Waals surface area contributed by atoms with Crippen LogP contribution < -0.4 is 49.3 Å². The average Bonchev–Trinajstić information content (AvgIpc) is 3.07. The number of carbonyl (C=O) groups excluding carboxylic acids is 5. The fourth-order valence-electron chi connectivity index (χ4n) is 4.68. The zero-order valence-corrected chi connectivity index (χ0v) is 29.0. The van der Waals surface area contributed by atoms with Crippen LogP contribution in [0.1, 0.15) is 19.8 Å². The number of hydrogen-bond acceptors (Lipinski definition) is 9. The van der Waals surface area contributed by atoms with E-state index in [4.69, 9.17) is 10.5 Å². The van der Waals surface area contributed by atoms with Crippen molar-refractivity contribution < 1.29 is 50.4 Å². The molecule has 0 aromatic heterocycles. The molecule has 0 fully saturated rings. The number of halogens is 1. The lowest BCUT2D eigenvalue weighted by atomic mass is 10.1. The molecule has 0 saturated heterocycles. The molecule has 2 amide bonds. The zero-order chi connectivity index (χ0) is 32.7. The molecule has 0 bridgehead atoms. The number of amides is 2. The minimum absolute atomic E-state index is 0. The number of rotatable bonds is 16. The molecule has 0 aliphatic carbocycles. The van der Waals surface area contributed by atoms with E-state index in [1.807, 2.05) is 91.0 Å². The van der Waals surface area contributed by atoms with Gasteiger partial charge in [0.1, 0.15) is 48.0 Å². The van der Waals surface area contributed by atoms with Crippen molar-refractivity contribution in [1.29, 1.82) is 0 Å². The van der Waals surface area contributed by atoms with E-state index in [1.165, 1.54) is 7.11 Å². The molecule has 10 nitrogen and oxygen atoms in total. The molecular weight excluding hydrogens is 693 g/mol. The maximum absolute atomic E-state index is 13.9. The second-order valence-corrected chi connectivity index (χ2v) is 14.5. The molecule has 246 valence electrons. The Labute approximate surface area is 284 Å². The summed E-state index contributed by atoms with van der Waals surface area (Å²) in [5.41, 5.74) is 5.75. The Hall–Kier alpha value is -3.57. The highest BCUT2D eigenvalue weighted by Crippen LogP contribution is 2.55. The monoisotopic (exact) mass is 731 g/mol. The molecule has 0 aliphatic heterocycles. The Morgan fingerprint density at radius 1 is 0.848 bits per heavy atom. The van der Waals surface area contributed by atoms with Gasteiger partial charge in [0.25, 0.3) is 0 Å². The number of methoxy groups -OCH3 is 1. The maximum Gasteiger partial charge on any atom is 0.325 e. The standard InChI is InChI=1S/C33H38N3O7PS.BrH/c1-3-43-30(38)21-35-32(40)28(36-29(37)20-19-27(34)33(41)42-2)23-45-31(39)22-44(24-13-7-4-8-14-24,25-15-9-5-10-16-25)26-17-11-6-12-18-26;/h4-18,27-28H,3,19-23,34H2,1-2H3,(H-,35,36,37,40);1H. The van der Waals surface area contributed by atoms with E-state index in [-0.39, 0.29) is 53.5 Å². The second-order valence-electron chi connectivity index (χ2n) is 9.97. The Bertz CT molecular complexity index is 1340. The highest BCUT2D eigenvalue weighted by atomic mass is 79.9. The first-order valence-electron chi connectivity index (χ1n) is 14.5. The van der Waals surface area contributed by atoms with Crippen LogP contribution in [0.5, 0.6) is 0 Å². The van der Waals surface area contributed by atoms with Crippen molar-refractivity contribution >= 4 is 63.8 Å². The van der Waals surface area contributed by atoms with Gasteiger partial charge in [-0.05, 0) is 49.7 Å². The molecule has 0 aliphatic rings. The molecule has 0 radical (unpaired) electrons. The highest BCUT2D eigenvalue weighted by Gasteiger charge is 2.47. The largest absolute Gasteiger partial charge is 1.00 e. The van der Waals surface area contributed by atoms with Crippen molar-refractivity contribution in [2.24, 2.45) is 5.73 Å². The third-order valence-electron chi connectivity index (χ3n) is 6.92. The van der Waals surface area contributed by atoms with Crippen molar-refractivity contribution in [2.75, 3.05) is 32.2 Å². The van der Waals surface area contributed by atoms with Crippen LogP contribution in [0.4, 0.5) is 0 Å². The fourth-order valence-corrected chi connectivity index (χ4v) is 10.1. The van der Waals surface area contributed by atoms with Crippen LogP contribution in [0.2, 0.25) is 0 Å². The summed E-state index contributed by atoms with van der Waals surface area (Å²) >= 11 is 0.941. The van der Waals surface area contributed by atoms with E-state index < -0.39 is 49.6 Å². The molecule has 13 heteroatoms. The van der Waals surface area contributed by atoms with E-state index in [9.17, 15) is 24.0 Å². The van der Waals surface area contributed by atoms with Crippen LogP contribution in [-0.2, 0) is 33.4 Å². The lowest BCUT2D eigenvalue weighted by molar-refractivity contribution is -0.143. The van der Waals surface area contributed by atoms with Gasteiger partial charge in [0.15, 0.2) is 0 Å². The number of esters is 2. The predicted octanol–water partition coefficient (Wildman–Crippen LogP) is -1.31. The van der Waals surface area contributed by atoms with Gasteiger partial charge in [-0.1, -0.05) is 66.4 Å². The normalized spacial score (nSPS) is 12.1. The van der Waals surface area contributed by atoms with Gasteiger partial charge >= 0.3 is 11.9 Å². The number of nitrogens with one attached hydrogen (secondary N) is 2. The molecule has 46 heavy (non-hydrogen) atoms. The van der Waals surface area contributed by atoms with Gasteiger partial charge in [-0.25, -0.2) is 0 Å². The number of nitrogens with two attached hydrogens (primary N) is 1. The molecule has 2 unspecified atom stereocenters. The van der Waals surface area contributed by atoms with Crippen LogP contribution in [0.15, 0.2) is 91.0 Å². The molecule has 0 heterocycles. The summed E-state index contributed by atoms with van der Waals surface area (Å²) in [6, 6.07) is 27.6. The lowest BCUT2D eigenvalue weighted by Gasteiger charge is -2.27. The Kier molecular flexibility index (Phi) is 16.7. The van der Waals surface area contributed by atoms with Gasteiger partial charge in [-0.3, -0.25) is 24.0 Å². The van der Waals surface area contributed by atoms with E-state index in [2.05, 4.69) is 15.4 Å². The predicted molar refractivity (Wildman–Crippen MR) is 178 cm³/mol. The summed E-state index contributed by atoms with van der Waals surface area (Å²) in [5, 5.41) is 8.04. The van der Waals surface area contributed by atoms with Gasteiger partial charge in [0, 0.05) is 12.2 Å². The molecular formula is C33H39BrN3O7PS. The highest BCUT2D eigenvalue weighted by molar-refractivity contribution is 8.15. The van der Waals surface area contributed by atoms with Gasteiger partial charge in [0.05, 0.1) is 13.7 Å². The molecule has 3 aromatic rings. The average molecular weight is 733 g/mol. The summed E-state index contributed by atoms with van der Waals surface area (Å²) < 4.78 is 9.47. The van der Waals surface area contributed by atoms with E-state index in [0.29, 0.717) is 0 Å². The SMILES string of the molecule is CCOC(=O)CNC(=O)C(CSC(=O)C[P+](c1ccccc1)(c1ccccc1)c1ccccc1)NC(=O)CCC(N)C(=O)OC.[Br-]. The van der Waals surface area contributed by atoms with Crippen LogP contribution in [0, 0.1) is 0 Å². The minimum Gasteiger partial charge on any atom is -1.00 e. The third kappa shape index (κ3) is 11.0. The zero-order valence-electron chi connectivity index (χ0n) is 25.7. The molecule has 2 atom stereocenters. The number of benzene rings is 3. The second kappa shape index (κ2) is 19.8. The quantitative estimate of drug-likeness (QED) is 0.120.